The topological polar surface area (TPSA) is 54.0 Å². The molecule has 2 aromatic carbocycles. The first-order chi connectivity index (χ1) is 13.7. The highest BCUT2D eigenvalue weighted by Crippen LogP contribution is 2.52. The third kappa shape index (κ3) is 3.97. The number of fused-ring (bicyclic) bond motifs is 1. The van der Waals surface area contributed by atoms with E-state index in [1.165, 1.54) is 7.11 Å². The van der Waals surface area contributed by atoms with Crippen LogP contribution in [0.2, 0.25) is 0 Å². The molecule has 148 valence electrons. The lowest BCUT2D eigenvalue weighted by molar-refractivity contribution is -0.182. The summed E-state index contributed by atoms with van der Waals surface area (Å²) in [6.45, 7) is 2.93. The second-order valence-corrected chi connectivity index (χ2v) is 7.45. The van der Waals surface area contributed by atoms with E-state index in [2.05, 4.69) is 0 Å². The van der Waals surface area contributed by atoms with Crippen molar-refractivity contribution >= 4 is 5.97 Å². The summed E-state index contributed by atoms with van der Waals surface area (Å²) in [5.74, 6) is -0.550. The molecule has 5 nitrogen and oxygen atoms in total. The van der Waals surface area contributed by atoms with Crippen LogP contribution in [-0.2, 0) is 37.0 Å². The van der Waals surface area contributed by atoms with Crippen molar-refractivity contribution in [3.05, 3.63) is 71.8 Å². The van der Waals surface area contributed by atoms with Gasteiger partial charge in [-0.25, -0.2) is 0 Å². The maximum atomic E-state index is 12.2. The first kappa shape index (κ1) is 19.1. The van der Waals surface area contributed by atoms with Gasteiger partial charge in [0, 0.05) is 5.92 Å². The summed E-state index contributed by atoms with van der Waals surface area (Å²) in [5, 5.41) is 0. The monoisotopic (exact) mass is 382 g/mol. The average molecular weight is 382 g/mol. The molecule has 1 saturated heterocycles. The van der Waals surface area contributed by atoms with Gasteiger partial charge in [0.2, 0.25) is 0 Å². The van der Waals surface area contributed by atoms with Gasteiger partial charge in [-0.15, -0.1) is 0 Å². The molecule has 1 aliphatic carbocycles. The summed E-state index contributed by atoms with van der Waals surface area (Å²) < 4.78 is 23.6. The van der Waals surface area contributed by atoms with Gasteiger partial charge in [0.25, 0.3) is 0 Å². The quantitative estimate of drug-likeness (QED) is 0.688. The molecular formula is C23H26O5. The van der Waals surface area contributed by atoms with E-state index in [-0.39, 0.29) is 42.2 Å². The second kappa shape index (κ2) is 8.43. The number of carbonyl (C=O) groups is 1. The van der Waals surface area contributed by atoms with Gasteiger partial charge < -0.3 is 18.9 Å². The van der Waals surface area contributed by atoms with Gasteiger partial charge in [-0.3, -0.25) is 4.79 Å². The van der Waals surface area contributed by atoms with Crippen LogP contribution in [0.4, 0.5) is 0 Å². The third-order valence-electron chi connectivity index (χ3n) is 5.59. The summed E-state index contributed by atoms with van der Waals surface area (Å²) in [4.78, 5) is 12.2. The Morgan fingerprint density at radius 1 is 0.893 bits per heavy atom. The molecule has 6 atom stereocenters. The highest BCUT2D eigenvalue weighted by atomic mass is 16.6. The lowest BCUT2D eigenvalue weighted by Crippen LogP contribution is -2.47. The van der Waals surface area contributed by atoms with Gasteiger partial charge in [-0.1, -0.05) is 60.7 Å². The molecule has 2 aliphatic rings. The Bertz CT molecular complexity index is 778. The lowest BCUT2D eigenvalue weighted by Gasteiger charge is -2.35. The molecule has 0 spiro atoms. The number of rotatable bonds is 7. The Labute approximate surface area is 165 Å². The highest BCUT2D eigenvalue weighted by molar-refractivity contribution is 5.77. The average Bonchev–Trinajstić information content (AvgIpc) is 3.45. The van der Waals surface area contributed by atoms with Gasteiger partial charge in [0.1, 0.15) is 6.10 Å². The Morgan fingerprint density at radius 2 is 1.43 bits per heavy atom. The van der Waals surface area contributed by atoms with Crippen molar-refractivity contribution in [1.29, 1.82) is 0 Å². The van der Waals surface area contributed by atoms with E-state index in [4.69, 9.17) is 18.9 Å². The van der Waals surface area contributed by atoms with Crippen LogP contribution in [0.25, 0.3) is 0 Å². The molecule has 1 saturated carbocycles. The van der Waals surface area contributed by atoms with E-state index in [0.29, 0.717) is 13.2 Å². The second-order valence-electron chi connectivity index (χ2n) is 7.45. The molecule has 2 aromatic rings. The van der Waals surface area contributed by atoms with E-state index < -0.39 is 0 Å². The predicted molar refractivity (Wildman–Crippen MR) is 103 cm³/mol. The molecule has 5 heteroatoms. The van der Waals surface area contributed by atoms with Crippen LogP contribution in [0.1, 0.15) is 18.1 Å². The molecule has 28 heavy (non-hydrogen) atoms. The van der Waals surface area contributed by atoms with Crippen molar-refractivity contribution in [2.75, 3.05) is 7.11 Å². The van der Waals surface area contributed by atoms with Crippen LogP contribution in [0, 0.1) is 11.8 Å². The van der Waals surface area contributed by atoms with Gasteiger partial charge >= 0.3 is 5.97 Å². The molecule has 2 fully saturated rings. The highest BCUT2D eigenvalue weighted by Gasteiger charge is 2.66. The van der Waals surface area contributed by atoms with Crippen molar-refractivity contribution in [2.24, 2.45) is 11.8 Å². The smallest absolute Gasteiger partial charge is 0.311 e. The van der Waals surface area contributed by atoms with E-state index in [9.17, 15) is 4.79 Å². The van der Waals surface area contributed by atoms with Crippen molar-refractivity contribution in [3.63, 3.8) is 0 Å². The van der Waals surface area contributed by atoms with E-state index in [0.717, 1.165) is 11.1 Å². The third-order valence-corrected chi connectivity index (χ3v) is 5.59. The SMILES string of the molecule is COC(=O)[C@H]1[C@@H]2O[C@@H](C)[C@H](OCc3ccccc3)[C@@H](OCc3ccccc3)[C@@H]21. The number of methoxy groups -OCH3 is 1. The molecule has 0 aromatic heterocycles. The molecule has 0 radical (unpaired) electrons. The fraction of sp³-hybridized carbons (Fsp3) is 0.435. The molecule has 1 heterocycles. The zero-order valence-corrected chi connectivity index (χ0v) is 16.2. The Hall–Kier alpha value is -2.21. The standard InChI is InChI=1S/C23H26O5/c1-15-20(26-13-16-9-5-3-6-10-16)22(27-14-17-11-7-4-8-12-17)18-19(21(18)28-15)23(24)25-2/h3-12,15,18-22H,13-14H2,1-2H3/t15-,18+,19+,20-,21+,22-/m0/s1. The maximum Gasteiger partial charge on any atom is 0.311 e. The van der Waals surface area contributed by atoms with Gasteiger partial charge in [0.05, 0.1) is 44.6 Å². The van der Waals surface area contributed by atoms with Crippen LogP contribution < -0.4 is 0 Å². The molecule has 4 rings (SSSR count). The number of hydrogen-bond acceptors (Lipinski definition) is 5. The van der Waals surface area contributed by atoms with Crippen molar-refractivity contribution < 1.29 is 23.7 Å². The van der Waals surface area contributed by atoms with Crippen LogP contribution in [0.15, 0.2) is 60.7 Å². The van der Waals surface area contributed by atoms with Gasteiger partial charge in [-0.05, 0) is 18.1 Å². The summed E-state index contributed by atoms with van der Waals surface area (Å²) in [7, 11) is 1.42. The van der Waals surface area contributed by atoms with Crippen molar-refractivity contribution in [3.8, 4) is 0 Å². The zero-order valence-electron chi connectivity index (χ0n) is 16.2. The minimum Gasteiger partial charge on any atom is -0.469 e. The summed E-state index contributed by atoms with van der Waals surface area (Å²) in [6.07, 6.45) is -0.790. The fourth-order valence-electron chi connectivity index (χ4n) is 4.08. The molecule has 1 aliphatic heterocycles. The first-order valence-electron chi connectivity index (χ1n) is 9.73. The van der Waals surface area contributed by atoms with Crippen LogP contribution in [-0.4, -0.2) is 37.5 Å². The first-order valence-corrected chi connectivity index (χ1v) is 9.73. The molecule has 0 N–H and O–H groups in total. The van der Waals surface area contributed by atoms with Crippen molar-refractivity contribution in [1.82, 2.24) is 0 Å². The Morgan fingerprint density at radius 3 is 1.96 bits per heavy atom. The summed E-state index contributed by atoms with van der Waals surface area (Å²) >= 11 is 0. The number of benzene rings is 2. The van der Waals surface area contributed by atoms with Crippen LogP contribution in [0.3, 0.4) is 0 Å². The van der Waals surface area contributed by atoms with E-state index in [1.807, 2.05) is 67.6 Å². The number of carbonyl (C=O) groups excluding carboxylic acids is 1. The number of hydrogen-bond donors (Lipinski definition) is 0. The van der Waals surface area contributed by atoms with Gasteiger partial charge in [0.15, 0.2) is 0 Å². The Kier molecular flexibility index (Phi) is 5.76. The van der Waals surface area contributed by atoms with E-state index in [1.54, 1.807) is 0 Å². The zero-order chi connectivity index (χ0) is 19.5. The largest absolute Gasteiger partial charge is 0.469 e. The fourth-order valence-corrected chi connectivity index (χ4v) is 4.08. The molecule has 0 bridgehead atoms. The minimum absolute atomic E-state index is 0.0341. The lowest BCUT2D eigenvalue weighted by atomic mass is 10.0. The Balaban J connectivity index is 1.49. The predicted octanol–water partition coefficient (Wildman–Crippen LogP) is 3.36. The molecular weight excluding hydrogens is 356 g/mol. The number of esters is 1. The normalized spacial score (nSPS) is 31.1. The van der Waals surface area contributed by atoms with Crippen LogP contribution >= 0.6 is 0 Å². The van der Waals surface area contributed by atoms with Crippen LogP contribution in [0.5, 0.6) is 0 Å². The molecule has 0 amide bonds. The molecule has 0 unspecified atom stereocenters. The summed E-state index contributed by atoms with van der Waals surface area (Å²) in [5.41, 5.74) is 2.19. The van der Waals surface area contributed by atoms with E-state index >= 15 is 0 Å². The summed E-state index contributed by atoms with van der Waals surface area (Å²) in [6, 6.07) is 20.1. The number of ether oxygens (including phenoxy) is 4. The maximum absolute atomic E-state index is 12.2. The minimum atomic E-state index is -0.279. The van der Waals surface area contributed by atoms with Crippen molar-refractivity contribution in [2.45, 2.75) is 44.6 Å². The van der Waals surface area contributed by atoms with Gasteiger partial charge in [-0.2, -0.15) is 0 Å².